The number of allylic oxidation sites excluding steroid dienone is 1. The minimum Gasteiger partial charge on any atom is -0.389 e. The Morgan fingerprint density at radius 1 is 1.16 bits per heavy atom. The minimum atomic E-state index is -0.418. The van der Waals surface area contributed by atoms with Gasteiger partial charge in [-0.1, -0.05) is 26.3 Å². The molecule has 1 N–H and O–H groups in total. The second-order valence-electron chi connectivity index (χ2n) is 9.73. The molecule has 0 radical (unpaired) electrons. The molecular formula is C22H32O3. The maximum atomic E-state index is 12.6. The Morgan fingerprint density at radius 2 is 1.88 bits per heavy atom. The largest absolute Gasteiger partial charge is 0.389 e. The lowest BCUT2D eigenvalue weighted by molar-refractivity contribution is -0.141. The molecule has 0 amide bonds. The van der Waals surface area contributed by atoms with Gasteiger partial charge < -0.3 is 9.90 Å². The summed E-state index contributed by atoms with van der Waals surface area (Å²) in [5.74, 6) is 2.21. The van der Waals surface area contributed by atoms with Crippen molar-refractivity contribution in [1.29, 1.82) is 0 Å². The van der Waals surface area contributed by atoms with E-state index in [1.165, 1.54) is 11.9 Å². The molecule has 3 fully saturated rings. The summed E-state index contributed by atoms with van der Waals surface area (Å²) < 4.78 is 0. The van der Waals surface area contributed by atoms with Crippen molar-refractivity contribution in [3.8, 4) is 0 Å². The number of fused-ring (bicyclic) bond motifs is 5. The van der Waals surface area contributed by atoms with Gasteiger partial charge in [-0.15, -0.1) is 0 Å². The van der Waals surface area contributed by atoms with Crippen LogP contribution in [0.4, 0.5) is 0 Å². The van der Waals surface area contributed by atoms with E-state index in [1.54, 1.807) is 0 Å². The third kappa shape index (κ3) is 2.02. The van der Waals surface area contributed by atoms with Crippen LogP contribution in [0.5, 0.6) is 0 Å². The van der Waals surface area contributed by atoms with Crippen LogP contribution in [0.15, 0.2) is 11.1 Å². The fourth-order valence-corrected chi connectivity index (χ4v) is 7.65. The number of carbonyl (C=O) groups is 2. The summed E-state index contributed by atoms with van der Waals surface area (Å²) in [5, 5.41) is 10.5. The van der Waals surface area contributed by atoms with E-state index in [-0.39, 0.29) is 11.3 Å². The van der Waals surface area contributed by atoms with Gasteiger partial charge in [-0.05, 0) is 74.2 Å². The number of ketones is 1. The molecule has 138 valence electrons. The summed E-state index contributed by atoms with van der Waals surface area (Å²) in [7, 11) is 0. The van der Waals surface area contributed by atoms with E-state index in [0.717, 1.165) is 37.7 Å². The number of aliphatic hydroxyl groups excluding tert-OH is 1. The first-order valence-electron chi connectivity index (χ1n) is 10.2. The van der Waals surface area contributed by atoms with Crippen LogP contribution in [0, 0.1) is 40.4 Å². The van der Waals surface area contributed by atoms with Gasteiger partial charge in [-0.3, -0.25) is 4.79 Å². The number of hydrogen-bond acceptors (Lipinski definition) is 3. The summed E-state index contributed by atoms with van der Waals surface area (Å²) in [4.78, 5) is 25.2. The van der Waals surface area contributed by atoms with Crippen molar-refractivity contribution in [3.63, 3.8) is 0 Å². The Morgan fingerprint density at radius 3 is 2.56 bits per heavy atom. The molecule has 0 bridgehead atoms. The van der Waals surface area contributed by atoms with Crippen LogP contribution in [-0.2, 0) is 9.59 Å². The number of rotatable bonds is 1. The fourth-order valence-electron chi connectivity index (χ4n) is 7.65. The predicted octanol–water partition coefficient (Wildman–Crippen LogP) is 3.94. The first-order valence-corrected chi connectivity index (χ1v) is 10.2. The Bertz CT molecular complexity index is 650. The van der Waals surface area contributed by atoms with E-state index >= 15 is 0 Å². The van der Waals surface area contributed by atoms with Crippen LogP contribution in [0.3, 0.4) is 0 Å². The number of aliphatic hydroxyl groups is 1. The third-order valence-corrected chi connectivity index (χ3v) is 8.86. The van der Waals surface area contributed by atoms with Crippen LogP contribution in [0.1, 0.15) is 66.2 Å². The number of Topliss-reactive ketones (excluding diaryl/α,β-unsaturated/α-hetero) is 1. The molecule has 4 rings (SSSR count). The molecule has 8 atom stereocenters. The summed E-state index contributed by atoms with van der Waals surface area (Å²) >= 11 is 0. The number of hydrogen-bond donors (Lipinski definition) is 1. The van der Waals surface area contributed by atoms with Gasteiger partial charge in [-0.25, -0.2) is 0 Å². The summed E-state index contributed by atoms with van der Waals surface area (Å²) in [5.41, 5.74) is 1.71. The second-order valence-corrected chi connectivity index (χ2v) is 9.73. The van der Waals surface area contributed by atoms with Gasteiger partial charge >= 0.3 is 0 Å². The highest BCUT2D eigenvalue weighted by Crippen LogP contribution is 2.66. The lowest BCUT2D eigenvalue weighted by Crippen LogP contribution is -2.57. The maximum Gasteiger partial charge on any atom is 0.139 e. The van der Waals surface area contributed by atoms with Crippen molar-refractivity contribution in [1.82, 2.24) is 0 Å². The Hall–Kier alpha value is -0.960. The van der Waals surface area contributed by atoms with Gasteiger partial charge in [0.15, 0.2) is 0 Å². The number of aldehydes is 1. The molecule has 0 aromatic carbocycles. The van der Waals surface area contributed by atoms with Gasteiger partial charge in [0.1, 0.15) is 12.1 Å². The molecule has 0 aliphatic heterocycles. The van der Waals surface area contributed by atoms with Crippen molar-refractivity contribution in [2.24, 2.45) is 40.4 Å². The molecule has 3 nitrogen and oxygen atoms in total. The van der Waals surface area contributed by atoms with Crippen molar-refractivity contribution in [2.45, 2.75) is 72.3 Å². The molecule has 0 heterocycles. The highest BCUT2D eigenvalue weighted by atomic mass is 16.3. The van der Waals surface area contributed by atoms with Crippen molar-refractivity contribution in [2.75, 3.05) is 0 Å². The molecule has 0 aromatic rings. The van der Waals surface area contributed by atoms with Gasteiger partial charge in [0.25, 0.3) is 0 Å². The molecule has 4 aliphatic rings. The average molecular weight is 344 g/mol. The first-order chi connectivity index (χ1) is 11.8. The predicted molar refractivity (Wildman–Crippen MR) is 96.8 cm³/mol. The Labute approximate surface area is 151 Å². The van der Waals surface area contributed by atoms with E-state index in [9.17, 15) is 14.7 Å². The van der Waals surface area contributed by atoms with E-state index in [2.05, 4.69) is 20.8 Å². The zero-order valence-corrected chi connectivity index (χ0v) is 16.0. The summed E-state index contributed by atoms with van der Waals surface area (Å²) in [6, 6.07) is 0. The second kappa shape index (κ2) is 5.52. The monoisotopic (exact) mass is 344 g/mol. The average Bonchev–Trinajstić information content (AvgIpc) is 2.87. The molecule has 3 heteroatoms. The standard InChI is InChI=1S/C22H32O3/c1-12-9-15-16-5-6-19(25)21(16,4)8-7-17(15)22(11-23)13(2)10-18(24)14(3)20(12)22/h11-13,15-18,24H,5-10H2,1-4H3/t12?,13?,15-,16-,17+,18?,21-,22+/m0/s1. The Balaban J connectivity index is 1.84. The molecule has 0 aromatic heterocycles. The topological polar surface area (TPSA) is 54.4 Å². The van der Waals surface area contributed by atoms with E-state index in [4.69, 9.17) is 0 Å². The zero-order chi connectivity index (χ0) is 18.1. The highest BCUT2D eigenvalue weighted by Gasteiger charge is 2.63. The Kier molecular flexibility index (Phi) is 3.85. The van der Waals surface area contributed by atoms with Crippen LogP contribution in [0.25, 0.3) is 0 Å². The highest BCUT2D eigenvalue weighted by molar-refractivity contribution is 5.87. The lowest BCUT2D eigenvalue weighted by atomic mass is 9.43. The molecule has 0 spiro atoms. The maximum absolute atomic E-state index is 12.6. The van der Waals surface area contributed by atoms with Gasteiger partial charge in [0.2, 0.25) is 0 Å². The SMILES string of the molecule is CC1=C2C(C)C[C@@H]3[C@@H](CC[C@]4(C)C(=O)CC[C@@H]34)[C@@]2(C=O)C(C)CC1O. The number of carbonyl (C=O) groups excluding carboxylic acids is 2. The van der Waals surface area contributed by atoms with Crippen molar-refractivity contribution in [3.05, 3.63) is 11.1 Å². The fraction of sp³-hybridized carbons (Fsp3) is 0.818. The molecular weight excluding hydrogens is 312 g/mol. The van der Waals surface area contributed by atoms with E-state index in [1.807, 2.05) is 6.92 Å². The van der Waals surface area contributed by atoms with Crippen LogP contribution >= 0.6 is 0 Å². The quantitative estimate of drug-likeness (QED) is 0.579. The lowest BCUT2D eigenvalue weighted by Gasteiger charge is -2.60. The van der Waals surface area contributed by atoms with E-state index in [0.29, 0.717) is 35.9 Å². The summed E-state index contributed by atoms with van der Waals surface area (Å²) in [6.07, 6.45) is 6.24. The minimum absolute atomic E-state index is 0.154. The smallest absolute Gasteiger partial charge is 0.139 e. The molecule has 4 aliphatic carbocycles. The van der Waals surface area contributed by atoms with Gasteiger partial charge in [0.05, 0.1) is 11.5 Å². The molecule has 3 unspecified atom stereocenters. The zero-order valence-electron chi connectivity index (χ0n) is 16.0. The van der Waals surface area contributed by atoms with Gasteiger partial charge in [-0.2, -0.15) is 0 Å². The van der Waals surface area contributed by atoms with Gasteiger partial charge in [0, 0.05) is 11.8 Å². The first kappa shape index (κ1) is 17.5. The van der Waals surface area contributed by atoms with Crippen LogP contribution in [-0.4, -0.2) is 23.3 Å². The molecule has 25 heavy (non-hydrogen) atoms. The van der Waals surface area contributed by atoms with Crippen molar-refractivity contribution < 1.29 is 14.7 Å². The third-order valence-electron chi connectivity index (χ3n) is 8.86. The molecule has 0 saturated heterocycles. The summed E-state index contributed by atoms with van der Waals surface area (Å²) in [6.45, 7) is 8.62. The molecule has 3 saturated carbocycles. The van der Waals surface area contributed by atoms with Crippen LogP contribution < -0.4 is 0 Å². The van der Waals surface area contributed by atoms with Crippen molar-refractivity contribution >= 4 is 12.1 Å². The van der Waals surface area contributed by atoms with Crippen LogP contribution in [0.2, 0.25) is 0 Å². The van der Waals surface area contributed by atoms with E-state index < -0.39 is 11.5 Å². The normalized spacial score (nSPS) is 52.4.